The lowest BCUT2D eigenvalue weighted by atomic mass is 9.97. The fraction of sp³-hybridized carbons (Fsp3) is 0.867. The summed E-state index contributed by atoms with van der Waals surface area (Å²) in [6, 6.07) is 0. The zero-order chi connectivity index (χ0) is 14.2. The summed E-state index contributed by atoms with van der Waals surface area (Å²) < 4.78 is 4.54. The number of aromatic nitrogens is 2. The first-order valence-electron chi connectivity index (χ1n) is 7.85. The van der Waals surface area contributed by atoms with E-state index in [1.807, 2.05) is 0 Å². The van der Waals surface area contributed by atoms with Gasteiger partial charge in [-0.15, -0.1) is 0 Å². The van der Waals surface area contributed by atoms with Gasteiger partial charge in [0.15, 0.2) is 0 Å². The van der Waals surface area contributed by atoms with Crippen LogP contribution in [0.2, 0.25) is 0 Å². The van der Waals surface area contributed by atoms with E-state index < -0.39 is 0 Å². The summed E-state index contributed by atoms with van der Waals surface area (Å²) in [5, 5.41) is 4.78. The number of anilines is 1. The van der Waals surface area contributed by atoms with Gasteiger partial charge in [0.05, 0.1) is 0 Å². The molecule has 0 radical (unpaired) electrons. The second-order valence-electron chi connectivity index (χ2n) is 7.29. The molecule has 5 heteroatoms. The summed E-state index contributed by atoms with van der Waals surface area (Å²) in [5.41, 5.74) is 0.212. The Labute approximate surface area is 126 Å². The third-order valence-corrected chi connectivity index (χ3v) is 4.88. The lowest BCUT2D eigenvalue weighted by molar-refractivity contribution is 0.335. The van der Waals surface area contributed by atoms with Gasteiger partial charge in [-0.2, -0.15) is 4.37 Å². The first-order valence-corrected chi connectivity index (χ1v) is 8.62. The number of hydrogen-bond acceptors (Lipinski definition) is 5. The molecule has 0 amide bonds. The normalized spacial score (nSPS) is 24.1. The minimum atomic E-state index is 0.212. The fourth-order valence-electron chi connectivity index (χ4n) is 2.72. The topological polar surface area (TPSA) is 41.0 Å². The van der Waals surface area contributed by atoms with Gasteiger partial charge in [0.1, 0.15) is 5.82 Å². The maximum absolute atomic E-state index is 4.75. The molecule has 3 rings (SSSR count). The predicted molar refractivity (Wildman–Crippen MR) is 84.6 cm³/mol. The molecule has 0 aromatic carbocycles. The Kier molecular flexibility index (Phi) is 4.00. The van der Waals surface area contributed by atoms with Crippen LogP contribution in [0.15, 0.2) is 0 Å². The quantitative estimate of drug-likeness (QED) is 0.927. The van der Waals surface area contributed by atoms with Crippen molar-refractivity contribution in [3.63, 3.8) is 0 Å². The molecular formula is C15H26N4S. The van der Waals surface area contributed by atoms with Gasteiger partial charge in [0.25, 0.3) is 0 Å². The van der Waals surface area contributed by atoms with Crippen LogP contribution in [0.1, 0.15) is 58.2 Å². The minimum Gasteiger partial charge on any atom is -0.347 e. The Morgan fingerprint density at radius 1 is 1.30 bits per heavy atom. The number of nitrogens with zero attached hydrogens (tertiary/aromatic N) is 3. The van der Waals surface area contributed by atoms with Crippen molar-refractivity contribution in [3.8, 4) is 0 Å². The number of piperidine rings is 1. The summed E-state index contributed by atoms with van der Waals surface area (Å²) in [5.74, 6) is 2.50. The molecule has 2 heterocycles. The standard InChI is InChI=1S/C15H26N4S/c1-15(2,3)16-9-11-5-4-8-19(10-11)14-17-13(18-20-14)12-6-7-12/h11-12,16H,4-10H2,1-3H3. The maximum atomic E-state index is 4.75. The summed E-state index contributed by atoms with van der Waals surface area (Å²) in [6.45, 7) is 10.1. The molecule has 112 valence electrons. The Morgan fingerprint density at radius 3 is 2.80 bits per heavy atom. The van der Waals surface area contributed by atoms with Crippen molar-refractivity contribution in [2.45, 2.75) is 57.9 Å². The van der Waals surface area contributed by atoms with Crippen LogP contribution in [0.3, 0.4) is 0 Å². The molecule has 1 saturated heterocycles. The molecule has 4 nitrogen and oxygen atoms in total. The van der Waals surface area contributed by atoms with E-state index in [-0.39, 0.29) is 5.54 Å². The van der Waals surface area contributed by atoms with E-state index in [2.05, 4.69) is 35.4 Å². The van der Waals surface area contributed by atoms with Crippen LogP contribution in [0.25, 0.3) is 0 Å². The molecule has 2 fully saturated rings. The monoisotopic (exact) mass is 294 g/mol. The number of nitrogens with one attached hydrogen (secondary N) is 1. The van der Waals surface area contributed by atoms with E-state index in [0.717, 1.165) is 36.5 Å². The molecule has 0 bridgehead atoms. The number of rotatable bonds is 4. The molecular weight excluding hydrogens is 268 g/mol. The van der Waals surface area contributed by atoms with Gasteiger partial charge in [0, 0.05) is 42.6 Å². The Balaban J connectivity index is 1.56. The van der Waals surface area contributed by atoms with E-state index in [1.54, 1.807) is 11.5 Å². The second-order valence-corrected chi connectivity index (χ2v) is 8.02. The Morgan fingerprint density at radius 2 is 2.10 bits per heavy atom. The highest BCUT2D eigenvalue weighted by Crippen LogP contribution is 2.40. The van der Waals surface area contributed by atoms with E-state index in [9.17, 15) is 0 Å². The summed E-state index contributed by atoms with van der Waals surface area (Å²) in [4.78, 5) is 7.20. The molecule has 0 spiro atoms. The molecule has 1 aromatic rings. The van der Waals surface area contributed by atoms with Gasteiger partial charge >= 0.3 is 0 Å². The largest absolute Gasteiger partial charge is 0.347 e. The third-order valence-electron chi connectivity index (χ3n) is 4.08. The van der Waals surface area contributed by atoms with Crippen molar-refractivity contribution >= 4 is 16.7 Å². The van der Waals surface area contributed by atoms with Gasteiger partial charge in [-0.1, -0.05) is 0 Å². The Bertz CT molecular complexity index is 447. The average molecular weight is 294 g/mol. The predicted octanol–water partition coefficient (Wildman–Crippen LogP) is 3.02. The van der Waals surface area contributed by atoms with E-state index in [4.69, 9.17) is 4.98 Å². The van der Waals surface area contributed by atoms with Crippen LogP contribution >= 0.6 is 11.5 Å². The molecule has 1 unspecified atom stereocenters. The van der Waals surface area contributed by atoms with Crippen molar-refractivity contribution in [1.82, 2.24) is 14.7 Å². The summed E-state index contributed by atoms with van der Waals surface area (Å²) in [7, 11) is 0. The van der Waals surface area contributed by atoms with Crippen LogP contribution in [0.5, 0.6) is 0 Å². The van der Waals surface area contributed by atoms with Gasteiger partial charge in [0.2, 0.25) is 5.13 Å². The van der Waals surface area contributed by atoms with Crippen LogP contribution < -0.4 is 10.2 Å². The molecule has 1 aromatic heterocycles. The smallest absolute Gasteiger partial charge is 0.205 e. The van der Waals surface area contributed by atoms with Crippen LogP contribution in [-0.2, 0) is 0 Å². The zero-order valence-corrected chi connectivity index (χ0v) is 13.7. The van der Waals surface area contributed by atoms with Gasteiger partial charge < -0.3 is 10.2 Å². The average Bonchev–Trinajstić information content (AvgIpc) is 3.14. The maximum Gasteiger partial charge on any atom is 0.205 e. The van der Waals surface area contributed by atoms with Gasteiger partial charge in [-0.3, -0.25) is 0 Å². The molecule has 1 atom stereocenters. The SMILES string of the molecule is CC(C)(C)NCC1CCCN(c2nc(C3CC3)ns2)C1. The number of hydrogen-bond donors (Lipinski definition) is 1. The summed E-state index contributed by atoms with van der Waals surface area (Å²) in [6.07, 6.45) is 5.17. The van der Waals surface area contributed by atoms with Gasteiger partial charge in [-0.05, 0) is 52.4 Å². The fourth-order valence-corrected chi connectivity index (χ4v) is 3.50. The zero-order valence-electron chi connectivity index (χ0n) is 12.9. The molecule has 2 aliphatic rings. The molecule has 20 heavy (non-hydrogen) atoms. The molecule has 1 saturated carbocycles. The van der Waals surface area contributed by atoms with Crippen LogP contribution in [0.4, 0.5) is 5.13 Å². The van der Waals surface area contributed by atoms with Crippen molar-refractivity contribution in [1.29, 1.82) is 0 Å². The van der Waals surface area contributed by atoms with E-state index in [1.165, 1.54) is 25.7 Å². The molecule has 1 aliphatic carbocycles. The van der Waals surface area contributed by atoms with Crippen molar-refractivity contribution in [3.05, 3.63) is 5.82 Å². The highest BCUT2D eigenvalue weighted by molar-refractivity contribution is 7.09. The van der Waals surface area contributed by atoms with E-state index in [0.29, 0.717) is 5.92 Å². The lowest BCUT2D eigenvalue weighted by Crippen LogP contribution is -2.44. The van der Waals surface area contributed by atoms with Crippen molar-refractivity contribution in [2.24, 2.45) is 5.92 Å². The minimum absolute atomic E-state index is 0.212. The second kappa shape index (κ2) is 5.60. The molecule has 1 N–H and O–H groups in total. The highest BCUT2D eigenvalue weighted by Gasteiger charge is 2.29. The van der Waals surface area contributed by atoms with E-state index >= 15 is 0 Å². The molecule has 1 aliphatic heterocycles. The first-order chi connectivity index (χ1) is 9.51. The highest BCUT2D eigenvalue weighted by atomic mass is 32.1. The van der Waals surface area contributed by atoms with Crippen LogP contribution in [-0.4, -0.2) is 34.5 Å². The Hall–Kier alpha value is -0.680. The third kappa shape index (κ3) is 3.70. The lowest BCUT2D eigenvalue weighted by Gasteiger charge is -2.34. The first kappa shape index (κ1) is 14.3. The van der Waals surface area contributed by atoms with Gasteiger partial charge in [-0.25, -0.2) is 4.98 Å². The van der Waals surface area contributed by atoms with Crippen molar-refractivity contribution < 1.29 is 0 Å². The van der Waals surface area contributed by atoms with Crippen molar-refractivity contribution in [2.75, 3.05) is 24.5 Å². The summed E-state index contributed by atoms with van der Waals surface area (Å²) >= 11 is 1.59. The van der Waals surface area contributed by atoms with Crippen LogP contribution in [0, 0.1) is 5.92 Å².